The van der Waals surface area contributed by atoms with Crippen LogP contribution >= 0.6 is 11.6 Å². The van der Waals surface area contributed by atoms with Gasteiger partial charge in [0.25, 0.3) is 0 Å². The first-order valence-electron chi connectivity index (χ1n) is 8.98. The van der Waals surface area contributed by atoms with Gasteiger partial charge in [-0.15, -0.1) is 0 Å². The molecule has 148 valence electrons. The second-order valence-electron chi connectivity index (χ2n) is 6.72. The highest BCUT2D eigenvalue weighted by Crippen LogP contribution is 2.27. The van der Waals surface area contributed by atoms with Gasteiger partial charge in [-0.2, -0.15) is 10.2 Å². The van der Waals surface area contributed by atoms with Crippen LogP contribution in [-0.4, -0.2) is 29.5 Å². The zero-order valence-corrected chi connectivity index (χ0v) is 17.2. The van der Waals surface area contributed by atoms with E-state index in [1.165, 1.54) is 18.5 Å². The minimum Gasteiger partial charge on any atom is -0.337 e. The molecule has 29 heavy (non-hydrogen) atoms. The topological polar surface area (TPSA) is 73.5 Å². The van der Waals surface area contributed by atoms with Gasteiger partial charge in [0.15, 0.2) is 5.82 Å². The first-order valence-corrected chi connectivity index (χ1v) is 9.36. The number of aromatic nitrogens is 6. The van der Waals surface area contributed by atoms with E-state index in [1.54, 1.807) is 27.6 Å². The Labute approximate surface area is 172 Å². The number of halogens is 2. The zero-order chi connectivity index (χ0) is 20.7. The Morgan fingerprint density at radius 3 is 2.24 bits per heavy atom. The average Bonchev–Trinajstić information content (AvgIpc) is 3.13. The van der Waals surface area contributed by atoms with Crippen molar-refractivity contribution in [3.05, 3.63) is 70.3 Å². The molecule has 0 saturated carbocycles. The van der Waals surface area contributed by atoms with E-state index in [0.717, 1.165) is 34.2 Å². The Morgan fingerprint density at radius 2 is 1.59 bits per heavy atom. The molecular formula is C20H19ClFN7. The van der Waals surface area contributed by atoms with Crippen molar-refractivity contribution >= 4 is 23.1 Å². The molecule has 0 amide bonds. The fourth-order valence-electron chi connectivity index (χ4n) is 3.16. The number of aryl methyl sites for hydroxylation is 2. The molecule has 3 aromatic heterocycles. The quantitative estimate of drug-likeness (QED) is 0.530. The Bertz CT molecular complexity index is 1190. The van der Waals surface area contributed by atoms with Crippen LogP contribution in [0.5, 0.6) is 0 Å². The van der Waals surface area contributed by atoms with Gasteiger partial charge in [0.1, 0.15) is 18.0 Å². The summed E-state index contributed by atoms with van der Waals surface area (Å²) < 4.78 is 16.7. The van der Waals surface area contributed by atoms with Crippen molar-refractivity contribution in [3.8, 4) is 11.5 Å². The van der Waals surface area contributed by atoms with Gasteiger partial charge in [0.2, 0.25) is 0 Å². The van der Waals surface area contributed by atoms with E-state index in [-0.39, 0.29) is 5.82 Å². The Kier molecular flexibility index (Phi) is 4.79. The smallest absolute Gasteiger partial charge is 0.159 e. The van der Waals surface area contributed by atoms with E-state index in [4.69, 9.17) is 11.6 Å². The van der Waals surface area contributed by atoms with Crippen LogP contribution in [0.4, 0.5) is 15.9 Å². The maximum absolute atomic E-state index is 13.2. The molecule has 9 heteroatoms. The highest BCUT2D eigenvalue weighted by atomic mass is 35.5. The molecule has 0 spiro atoms. The van der Waals surface area contributed by atoms with Gasteiger partial charge in [-0.1, -0.05) is 11.6 Å². The van der Waals surface area contributed by atoms with E-state index in [2.05, 4.69) is 25.5 Å². The second-order valence-corrected chi connectivity index (χ2v) is 7.10. The molecule has 4 aromatic rings. The molecule has 7 nitrogen and oxygen atoms in total. The van der Waals surface area contributed by atoms with E-state index >= 15 is 0 Å². The van der Waals surface area contributed by atoms with Crippen molar-refractivity contribution in [2.24, 2.45) is 0 Å². The lowest BCUT2D eigenvalue weighted by molar-refractivity contribution is 0.627. The van der Waals surface area contributed by atoms with Crippen molar-refractivity contribution in [2.75, 3.05) is 5.32 Å². The molecule has 4 rings (SSSR count). The average molecular weight is 412 g/mol. The first-order chi connectivity index (χ1) is 13.8. The largest absolute Gasteiger partial charge is 0.337 e. The fraction of sp³-hybridized carbons (Fsp3) is 0.200. The van der Waals surface area contributed by atoms with Gasteiger partial charge < -0.3 is 5.32 Å². The second kappa shape index (κ2) is 7.29. The fourth-order valence-corrected chi connectivity index (χ4v) is 3.28. The molecule has 0 bridgehead atoms. The monoisotopic (exact) mass is 411 g/mol. The minimum atomic E-state index is -0.286. The van der Waals surface area contributed by atoms with Crippen LogP contribution in [0.1, 0.15) is 22.8 Å². The molecule has 1 N–H and O–H groups in total. The van der Waals surface area contributed by atoms with Crippen molar-refractivity contribution in [1.82, 2.24) is 29.5 Å². The zero-order valence-electron chi connectivity index (χ0n) is 16.4. The molecule has 0 aliphatic rings. The Hall–Kier alpha value is -3.26. The van der Waals surface area contributed by atoms with Gasteiger partial charge in [0.05, 0.1) is 39.2 Å². The van der Waals surface area contributed by atoms with Crippen molar-refractivity contribution in [2.45, 2.75) is 27.7 Å². The van der Waals surface area contributed by atoms with Crippen LogP contribution in [0.3, 0.4) is 0 Å². The molecule has 0 aliphatic carbocycles. The summed E-state index contributed by atoms with van der Waals surface area (Å²) in [7, 11) is 0. The minimum absolute atomic E-state index is 0.286. The van der Waals surface area contributed by atoms with Gasteiger partial charge in [-0.05, 0) is 52.0 Å². The van der Waals surface area contributed by atoms with Crippen LogP contribution in [0.2, 0.25) is 5.02 Å². The lowest BCUT2D eigenvalue weighted by Crippen LogP contribution is -2.05. The third kappa shape index (κ3) is 3.47. The molecule has 3 heterocycles. The maximum atomic E-state index is 13.2. The number of hydrogen-bond donors (Lipinski definition) is 1. The number of rotatable bonds is 4. The van der Waals surface area contributed by atoms with Crippen molar-refractivity contribution in [1.29, 1.82) is 0 Å². The maximum Gasteiger partial charge on any atom is 0.159 e. The van der Waals surface area contributed by atoms with Gasteiger partial charge in [0, 0.05) is 6.07 Å². The number of nitrogens with one attached hydrogen (secondary N) is 1. The predicted molar refractivity (Wildman–Crippen MR) is 110 cm³/mol. The van der Waals surface area contributed by atoms with E-state index in [1.807, 2.05) is 27.7 Å². The van der Waals surface area contributed by atoms with Crippen LogP contribution < -0.4 is 5.32 Å². The summed E-state index contributed by atoms with van der Waals surface area (Å²) in [5.41, 5.74) is 4.82. The molecule has 0 atom stereocenters. The molecule has 0 radical (unpaired) electrons. The van der Waals surface area contributed by atoms with Gasteiger partial charge >= 0.3 is 0 Å². The van der Waals surface area contributed by atoms with Crippen molar-refractivity contribution in [3.63, 3.8) is 0 Å². The lowest BCUT2D eigenvalue weighted by Gasteiger charge is -2.09. The molecule has 0 aliphatic heterocycles. The van der Waals surface area contributed by atoms with Crippen LogP contribution in [-0.2, 0) is 0 Å². The van der Waals surface area contributed by atoms with Crippen LogP contribution in [0.25, 0.3) is 11.5 Å². The summed E-state index contributed by atoms with van der Waals surface area (Å²) in [4.78, 5) is 8.62. The standard InChI is InChI=1S/C20H19ClFN7/c1-11-19(21)13(3)29(26-11)18-9-17(23-10-24-18)25-20-12(2)27-28(14(20)4)16-7-5-15(22)6-8-16/h5-10H,1-4H3,(H,23,24,25). The summed E-state index contributed by atoms with van der Waals surface area (Å²) >= 11 is 6.25. The normalized spacial score (nSPS) is 11.1. The highest BCUT2D eigenvalue weighted by Gasteiger charge is 2.16. The SMILES string of the molecule is Cc1nn(-c2cc(Nc3c(C)nn(-c4ccc(F)cc4)c3C)ncn2)c(C)c1Cl. The molecule has 0 unspecified atom stereocenters. The summed E-state index contributed by atoms with van der Waals surface area (Å²) in [5, 5.41) is 12.9. The van der Waals surface area contributed by atoms with Gasteiger partial charge in [-0.25, -0.2) is 23.7 Å². The molecule has 0 fully saturated rings. The third-order valence-corrected chi connectivity index (χ3v) is 5.24. The summed E-state index contributed by atoms with van der Waals surface area (Å²) in [6.45, 7) is 7.58. The number of hydrogen-bond acceptors (Lipinski definition) is 5. The summed E-state index contributed by atoms with van der Waals surface area (Å²) in [5.74, 6) is 0.922. The lowest BCUT2D eigenvalue weighted by atomic mass is 10.3. The predicted octanol–water partition coefficient (Wildman–Crippen LogP) is 4.62. The molecule has 1 aromatic carbocycles. The third-order valence-electron chi connectivity index (χ3n) is 4.69. The Balaban J connectivity index is 1.68. The van der Waals surface area contributed by atoms with Crippen molar-refractivity contribution < 1.29 is 4.39 Å². The van der Waals surface area contributed by atoms with Gasteiger partial charge in [-0.3, -0.25) is 0 Å². The summed E-state index contributed by atoms with van der Waals surface area (Å²) in [6, 6.07) is 8.00. The molecular weight excluding hydrogens is 393 g/mol. The van der Waals surface area contributed by atoms with Crippen LogP contribution in [0, 0.1) is 33.5 Å². The van der Waals surface area contributed by atoms with E-state index in [9.17, 15) is 4.39 Å². The number of anilines is 2. The van der Waals surface area contributed by atoms with E-state index < -0.39 is 0 Å². The Morgan fingerprint density at radius 1 is 0.897 bits per heavy atom. The highest BCUT2D eigenvalue weighted by molar-refractivity contribution is 6.31. The van der Waals surface area contributed by atoms with E-state index in [0.29, 0.717) is 16.7 Å². The summed E-state index contributed by atoms with van der Waals surface area (Å²) in [6.07, 6.45) is 1.47. The number of nitrogens with zero attached hydrogens (tertiary/aromatic N) is 6. The molecule has 0 saturated heterocycles. The first kappa shape index (κ1) is 19.1. The van der Waals surface area contributed by atoms with Crippen LogP contribution in [0.15, 0.2) is 36.7 Å². The number of benzene rings is 1.